The second-order valence-corrected chi connectivity index (χ2v) is 4.94. The maximum atomic E-state index is 5.83. The van der Waals surface area contributed by atoms with E-state index < -0.39 is 0 Å². The molecule has 0 amide bonds. The Labute approximate surface area is 104 Å². The maximum absolute atomic E-state index is 5.83. The first kappa shape index (κ1) is 12.7. The fraction of sp³-hybridized carbons (Fsp3) is 0.714. The van der Waals surface area contributed by atoms with Gasteiger partial charge in [0, 0.05) is 13.5 Å². The van der Waals surface area contributed by atoms with Crippen LogP contribution in [0.4, 0.5) is 0 Å². The number of aryl methyl sites for hydroxylation is 1. The van der Waals surface area contributed by atoms with Gasteiger partial charge >= 0.3 is 0 Å². The summed E-state index contributed by atoms with van der Waals surface area (Å²) in [6, 6.07) is 4.41. The van der Waals surface area contributed by atoms with Crippen molar-refractivity contribution in [3.05, 3.63) is 23.7 Å². The highest BCUT2D eigenvalue weighted by Gasteiger charge is 2.39. The first-order valence-electron chi connectivity index (χ1n) is 6.54. The largest absolute Gasteiger partial charge is 0.464 e. The third kappa shape index (κ3) is 2.55. The quantitative estimate of drug-likeness (QED) is 0.825. The van der Waals surface area contributed by atoms with E-state index in [1.54, 1.807) is 0 Å². The Balaban J connectivity index is 2.05. The lowest BCUT2D eigenvalue weighted by molar-refractivity contribution is -0.0845. The van der Waals surface area contributed by atoms with Gasteiger partial charge in [-0.05, 0) is 44.9 Å². The Morgan fingerprint density at radius 1 is 1.47 bits per heavy atom. The van der Waals surface area contributed by atoms with E-state index >= 15 is 0 Å². The van der Waals surface area contributed by atoms with Gasteiger partial charge in [-0.2, -0.15) is 0 Å². The summed E-state index contributed by atoms with van der Waals surface area (Å²) >= 11 is 0. The molecule has 1 fully saturated rings. The van der Waals surface area contributed by atoms with Crippen molar-refractivity contribution >= 4 is 0 Å². The highest BCUT2D eigenvalue weighted by atomic mass is 16.5. The molecule has 0 bridgehead atoms. The SMILES string of the molecule is CCc1ccc(C(CC2(OC)CCC2)NC)o1. The number of rotatable bonds is 6. The summed E-state index contributed by atoms with van der Waals surface area (Å²) in [7, 11) is 3.81. The standard InChI is InChI=1S/C14H23NO2/c1-4-11-6-7-13(17-11)12(15-2)10-14(16-3)8-5-9-14/h6-7,12,15H,4-5,8-10H2,1-3H3. The minimum atomic E-state index is 0.0762. The molecule has 1 atom stereocenters. The van der Waals surface area contributed by atoms with Crippen LogP contribution in [-0.2, 0) is 11.2 Å². The van der Waals surface area contributed by atoms with E-state index in [2.05, 4.69) is 24.4 Å². The van der Waals surface area contributed by atoms with Crippen molar-refractivity contribution < 1.29 is 9.15 Å². The first-order chi connectivity index (χ1) is 8.23. The summed E-state index contributed by atoms with van der Waals surface area (Å²) in [5.74, 6) is 2.09. The van der Waals surface area contributed by atoms with Gasteiger partial charge in [-0.25, -0.2) is 0 Å². The van der Waals surface area contributed by atoms with Crippen LogP contribution in [0.2, 0.25) is 0 Å². The molecule has 3 nitrogen and oxygen atoms in total. The van der Waals surface area contributed by atoms with Crippen molar-refractivity contribution in [2.45, 2.75) is 50.7 Å². The predicted octanol–water partition coefficient (Wildman–Crippen LogP) is 3.06. The summed E-state index contributed by atoms with van der Waals surface area (Å²) in [6.45, 7) is 2.11. The van der Waals surface area contributed by atoms with E-state index in [4.69, 9.17) is 9.15 Å². The van der Waals surface area contributed by atoms with Crippen molar-refractivity contribution in [2.24, 2.45) is 0 Å². The number of nitrogens with one attached hydrogen (secondary N) is 1. The summed E-state index contributed by atoms with van der Waals surface area (Å²) < 4.78 is 11.5. The van der Waals surface area contributed by atoms with Crippen LogP contribution in [0.5, 0.6) is 0 Å². The van der Waals surface area contributed by atoms with Crippen molar-refractivity contribution in [2.75, 3.05) is 14.2 Å². The molecule has 0 radical (unpaired) electrons. The molecule has 0 spiro atoms. The highest BCUT2D eigenvalue weighted by molar-refractivity contribution is 5.12. The molecular formula is C14H23NO2. The minimum absolute atomic E-state index is 0.0762. The van der Waals surface area contributed by atoms with Crippen LogP contribution in [0.25, 0.3) is 0 Å². The van der Waals surface area contributed by atoms with Crippen LogP contribution < -0.4 is 5.32 Å². The molecule has 2 rings (SSSR count). The van der Waals surface area contributed by atoms with E-state index in [0.717, 1.165) is 24.4 Å². The molecule has 0 aliphatic heterocycles. The lowest BCUT2D eigenvalue weighted by atomic mass is 9.75. The number of hydrogen-bond acceptors (Lipinski definition) is 3. The van der Waals surface area contributed by atoms with Gasteiger partial charge in [-0.3, -0.25) is 0 Å². The second-order valence-electron chi connectivity index (χ2n) is 4.94. The Kier molecular flexibility index (Phi) is 3.89. The van der Waals surface area contributed by atoms with E-state index in [1.165, 1.54) is 19.3 Å². The topological polar surface area (TPSA) is 34.4 Å². The van der Waals surface area contributed by atoms with E-state index in [0.29, 0.717) is 0 Å². The number of methoxy groups -OCH3 is 1. The second kappa shape index (κ2) is 5.23. The molecule has 0 saturated heterocycles. The molecule has 1 heterocycles. The monoisotopic (exact) mass is 237 g/mol. The van der Waals surface area contributed by atoms with Crippen molar-refractivity contribution in [3.8, 4) is 0 Å². The van der Waals surface area contributed by atoms with E-state index in [1.807, 2.05) is 14.2 Å². The molecule has 3 heteroatoms. The highest BCUT2D eigenvalue weighted by Crippen LogP contribution is 2.41. The van der Waals surface area contributed by atoms with Gasteiger partial charge in [-0.1, -0.05) is 6.92 Å². The van der Waals surface area contributed by atoms with Gasteiger partial charge in [0.25, 0.3) is 0 Å². The zero-order valence-electron chi connectivity index (χ0n) is 11.1. The van der Waals surface area contributed by atoms with Crippen LogP contribution in [0.15, 0.2) is 16.5 Å². The molecule has 1 aliphatic rings. The normalized spacial score (nSPS) is 19.9. The fourth-order valence-corrected chi connectivity index (χ4v) is 2.55. The third-order valence-corrected chi connectivity index (χ3v) is 4.00. The van der Waals surface area contributed by atoms with E-state index in [9.17, 15) is 0 Å². The van der Waals surface area contributed by atoms with Crippen LogP contribution in [0.1, 0.15) is 50.2 Å². The first-order valence-corrected chi connectivity index (χ1v) is 6.54. The summed E-state index contributed by atoms with van der Waals surface area (Å²) in [4.78, 5) is 0. The minimum Gasteiger partial charge on any atom is -0.464 e. The Bertz CT molecular complexity index is 349. The molecular weight excluding hydrogens is 214 g/mol. The van der Waals surface area contributed by atoms with Gasteiger partial charge in [-0.15, -0.1) is 0 Å². The van der Waals surface area contributed by atoms with Gasteiger partial charge in [0.2, 0.25) is 0 Å². The van der Waals surface area contributed by atoms with Gasteiger partial charge in [0.15, 0.2) is 0 Å². The Morgan fingerprint density at radius 3 is 2.65 bits per heavy atom. The number of furan rings is 1. The molecule has 1 unspecified atom stereocenters. The zero-order chi connectivity index (χ0) is 12.3. The molecule has 96 valence electrons. The molecule has 1 aromatic rings. The van der Waals surface area contributed by atoms with Crippen molar-refractivity contribution in [3.63, 3.8) is 0 Å². The molecule has 0 aromatic carbocycles. The summed E-state index contributed by atoms with van der Waals surface area (Å²) in [5, 5.41) is 3.34. The van der Waals surface area contributed by atoms with E-state index in [-0.39, 0.29) is 11.6 Å². The van der Waals surface area contributed by atoms with Crippen LogP contribution in [0, 0.1) is 0 Å². The van der Waals surface area contributed by atoms with Crippen LogP contribution in [0.3, 0.4) is 0 Å². The van der Waals surface area contributed by atoms with Crippen molar-refractivity contribution in [1.82, 2.24) is 5.32 Å². The average Bonchev–Trinajstić information content (AvgIpc) is 2.77. The Hall–Kier alpha value is -0.800. The summed E-state index contributed by atoms with van der Waals surface area (Å²) in [6.07, 6.45) is 5.57. The number of hydrogen-bond donors (Lipinski definition) is 1. The van der Waals surface area contributed by atoms with Crippen LogP contribution >= 0.6 is 0 Å². The van der Waals surface area contributed by atoms with Crippen molar-refractivity contribution in [1.29, 1.82) is 0 Å². The average molecular weight is 237 g/mol. The molecule has 1 saturated carbocycles. The molecule has 1 N–H and O–H groups in total. The predicted molar refractivity (Wildman–Crippen MR) is 68.1 cm³/mol. The lowest BCUT2D eigenvalue weighted by Gasteiger charge is -2.42. The van der Waals surface area contributed by atoms with Gasteiger partial charge in [0.05, 0.1) is 11.6 Å². The molecule has 1 aliphatic carbocycles. The zero-order valence-corrected chi connectivity index (χ0v) is 11.1. The van der Waals surface area contributed by atoms with Gasteiger partial charge in [0.1, 0.15) is 11.5 Å². The molecule has 1 aromatic heterocycles. The lowest BCUT2D eigenvalue weighted by Crippen LogP contribution is -2.42. The fourth-order valence-electron chi connectivity index (χ4n) is 2.55. The maximum Gasteiger partial charge on any atom is 0.121 e. The third-order valence-electron chi connectivity index (χ3n) is 4.00. The van der Waals surface area contributed by atoms with Crippen LogP contribution in [-0.4, -0.2) is 19.8 Å². The van der Waals surface area contributed by atoms with Gasteiger partial charge < -0.3 is 14.5 Å². The summed E-state index contributed by atoms with van der Waals surface area (Å²) in [5.41, 5.74) is 0.0762. The Morgan fingerprint density at radius 2 is 2.24 bits per heavy atom. The molecule has 17 heavy (non-hydrogen) atoms. The number of ether oxygens (including phenoxy) is 1. The smallest absolute Gasteiger partial charge is 0.121 e.